The minimum atomic E-state index is -0.578. The largest absolute Gasteiger partial charge is 0.459 e. The number of methoxy groups -OCH3 is 1. The molecular formula is C12H15BrFNO3. The zero-order valence-electron chi connectivity index (χ0n) is 10.2. The van der Waals surface area contributed by atoms with Gasteiger partial charge in [-0.25, -0.2) is 9.18 Å². The highest BCUT2D eigenvalue weighted by Crippen LogP contribution is 2.24. The summed E-state index contributed by atoms with van der Waals surface area (Å²) in [4.78, 5) is 11.8. The number of carbonyl (C=O) groups excluding carboxylic acids is 1. The van der Waals surface area contributed by atoms with E-state index in [-0.39, 0.29) is 17.4 Å². The summed E-state index contributed by atoms with van der Waals surface area (Å²) in [6.07, 6.45) is 0.312. The first-order chi connectivity index (χ1) is 8.45. The number of hydrogen-bond acceptors (Lipinski definition) is 4. The summed E-state index contributed by atoms with van der Waals surface area (Å²) in [5, 5.41) is 0. The molecule has 4 nitrogen and oxygen atoms in total. The summed E-state index contributed by atoms with van der Waals surface area (Å²) in [5.74, 6) is -1.12. The van der Waals surface area contributed by atoms with E-state index in [1.54, 1.807) is 14.0 Å². The lowest BCUT2D eigenvalue weighted by Crippen LogP contribution is -2.17. The second-order valence-electron chi connectivity index (χ2n) is 3.85. The maximum absolute atomic E-state index is 13.1. The molecule has 1 aromatic rings. The Hall–Kier alpha value is -1.14. The third-order valence-corrected chi connectivity index (χ3v) is 3.00. The Morgan fingerprint density at radius 1 is 1.56 bits per heavy atom. The summed E-state index contributed by atoms with van der Waals surface area (Å²) >= 11 is 3.10. The monoisotopic (exact) mass is 319 g/mol. The van der Waals surface area contributed by atoms with Crippen molar-refractivity contribution in [2.24, 2.45) is 0 Å². The quantitative estimate of drug-likeness (QED) is 0.669. The van der Waals surface area contributed by atoms with Crippen LogP contribution in [0.2, 0.25) is 0 Å². The van der Waals surface area contributed by atoms with Gasteiger partial charge in [-0.1, -0.05) is 0 Å². The van der Waals surface area contributed by atoms with Crippen LogP contribution in [0.1, 0.15) is 23.7 Å². The van der Waals surface area contributed by atoms with Crippen LogP contribution < -0.4 is 5.73 Å². The van der Waals surface area contributed by atoms with Gasteiger partial charge in [0.15, 0.2) is 0 Å². The molecule has 0 saturated carbocycles. The van der Waals surface area contributed by atoms with Crippen molar-refractivity contribution in [2.75, 3.05) is 19.5 Å². The number of halogens is 2. The van der Waals surface area contributed by atoms with Crippen LogP contribution in [0.25, 0.3) is 0 Å². The number of anilines is 1. The predicted molar refractivity (Wildman–Crippen MR) is 69.9 cm³/mol. The molecule has 0 aliphatic carbocycles. The van der Waals surface area contributed by atoms with Crippen LogP contribution in [0, 0.1) is 5.82 Å². The van der Waals surface area contributed by atoms with Gasteiger partial charge in [0.2, 0.25) is 0 Å². The highest BCUT2D eigenvalue weighted by molar-refractivity contribution is 9.10. The van der Waals surface area contributed by atoms with Gasteiger partial charge in [-0.2, -0.15) is 0 Å². The minimum Gasteiger partial charge on any atom is -0.459 e. The van der Waals surface area contributed by atoms with Gasteiger partial charge in [0.25, 0.3) is 0 Å². The molecule has 100 valence electrons. The van der Waals surface area contributed by atoms with Crippen LogP contribution in [0.15, 0.2) is 16.6 Å². The van der Waals surface area contributed by atoms with Gasteiger partial charge in [-0.15, -0.1) is 0 Å². The number of rotatable bonds is 5. The van der Waals surface area contributed by atoms with E-state index < -0.39 is 11.8 Å². The topological polar surface area (TPSA) is 61.5 Å². The molecule has 18 heavy (non-hydrogen) atoms. The van der Waals surface area contributed by atoms with Crippen LogP contribution >= 0.6 is 15.9 Å². The van der Waals surface area contributed by atoms with Crippen LogP contribution in [-0.2, 0) is 9.47 Å². The molecule has 1 unspecified atom stereocenters. The van der Waals surface area contributed by atoms with E-state index in [4.69, 9.17) is 15.2 Å². The van der Waals surface area contributed by atoms with Gasteiger partial charge < -0.3 is 15.2 Å². The van der Waals surface area contributed by atoms with E-state index in [1.807, 2.05) is 0 Å². The third kappa shape index (κ3) is 3.96. The number of nitrogens with two attached hydrogens (primary N) is 1. The van der Waals surface area contributed by atoms with Crippen molar-refractivity contribution in [2.45, 2.75) is 19.4 Å². The fourth-order valence-corrected chi connectivity index (χ4v) is 1.79. The minimum absolute atomic E-state index is 0.0882. The van der Waals surface area contributed by atoms with Gasteiger partial charge in [-0.3, -0.25) is 0 Å². The Kier molecular flexibility index (Phi) is 5.55. The summed E-state index contributed by atoms with van der Waals surface area (Å²) in [6.45, 7) is 2.26. The van der Waals surface area contributed by atoms with E-state index in [0.29, 0.717) is 17.5 Å². The van der Waals surface area contributed by atoms with Crippen molar-refractivity contribution in [3.05, 3.63) is 28.0 Å². The number of esters is 1. The lowest BCUT2D eigenvalue weighted by Gasteiger charge is -2.13. The number of nitrogen functional groups attached to an aromatic ring is 1. The Morgan fingerprint density at radius 3 is 2.83 bits per heavy atom. The molecule has 2 N–H and O–H groups in total. The average molecular weight is 320 g/mol. The van der Waals surface area contributed by atoms with Crippen molar-refractivity contribution >= 4 is 27.6 Å². The van der Waals surface area contributed by atoms with Crippen molar-refractivity contribution in [3.63, 3.8) is 0 Å². The Labute approximate surface area is 113 Å². The molecule has 0 spiro atoms. The lowest BCUT2D eigenvalue weighted by molar-refractivity contribution is 0.0265. The van der Waals surface area contributed by atoms with Gasteiger partial charge in [0.05, 0.1) is 11.3 Å². The maximum Gasteiger partial charge on any atom is 0.339 e. The number of ether oxygens (including phenoxy) is 2. The zero-order chi connectivity index (χ0) is 13.7. The van der Waals surface area contributed by atoms with Crippen LogP contribution in [0.5, 0.6) is 0 Å². The van der Waals surface area contributed by atoms with Gasteiger partial charge >= 0.3 is 5.97 Å². The van der Waals surface area contributed by atoms with Crippen molar-refractivity contribution in [1.29, 1.82) is 0 Å². The first kappa shape index (κ1) is 14.9. The van der Waals surface area contributed by atoms with Crippen molar-refractivity contribution in [3.8, 4) is 0 Å². The van der Waals surface area contributed by atoms with Gasteiger partial charge in [0.1, 0.15) is 11.9 Å². The van der Waals surface area contributed by atoms with Crippen molar-refractivity contribution in [1.82, 2.24) is 0 Å². The Balaban J connectivity index is 2.75. The van der Waals surface area contributed by atoms with Crippen LogP contribution in [0.3, 0.4) is 0 Å². The molecule has 1 aromatic carbocycles. The average Bonchev–Trinajstić information content (AvgIpc) is 2.31. The zero-order valence-corrected chi connectivity index (χ0v) is 11.8. The van der Waals surface area contributed by atoms with Crippen LogP contribution in [-0.4, -0.2) is 25.8 Å². The molecule has 0 aromatic heterocycles. The first-order valence-electron chi connectivity index (χ1n) is 5.40. The molecule has 0 aliphatic heterocycles. The molecule has 6 heteroatoms. The second kappa shape index (κ2) is 6.70. The molecule has 0 aliphatic rings. The number of benzene rings is 1. The van der Waals surface area contributed by atoms with E-state index in [2.05, 4.69) is 15.9 Å². The molecular weight excluding hydrogens is 305 g/mol. The third-order valence-electron chi connectivity index (χ3n) is 2.34. The first-order valence-corrected chi connectivity index (χ1v) is 6.19. The second-order valence-corrected chi connectivity index (χ2v) is 4.71. The summed E-state index contributed by atoms with van der Waals surface area (Å²) < 4.78 is 23.5. The molecule has 0 heterocycles. The SMILES string of the molecule is COCCC(C)OC(=O)c1cc(N)c(F)cc1Br. The molecule has 0 radical (unpaired) electrons. The van der Waals surface area contributed by atoms with E-state index >= 15 is 0 Å². The van der Waals surface area contributed by atoms with Gasteiger partial charge in [-0.05, 0) is 35.0 Å². The number of carbonyl (C=O) groups is 1. The molecule has 0 saturated heterocycles. The highest BCUT2D eigenvalue weighted by atomic mass is 79.9. The van der Waals surface area contributed by atoms with E-state index in [1.165, 1.54) is 6.07 Å². The predicted octanol–water partition coefficient (Wildman–Crippen LogP) is 2.75. The fourth-order valence-electron chi connectivity index (χ4n) is 1.31. The Morgan fingerprint density at radius 2 is 2.22 bits per heavy atom. The normalized spacial score (nSPS) is 12.2. The molecule has 1 rings (SSSR count). The molecule has 0 amide bonds. The molecule has 0 fully saturated rings. The summed E-state index contributed by atoms with van der Waals surface area (Å²) in [6, 6.07) is 2.40. The standard InChI is InChI=1S/C12H15BrFNO3/c1-7(3-4-17-2)18-12(16)8-5-11(15)10(14)6-9(8)13/h5-7H,3-4,15H2,1-2H3. The highest BCUT2D eigenvalue weighted by Gasteiger charge is 2.17. The smallest absolute Gasteiger partial charge is 0.339 e. The number of hydrogen-bond donors (Lipinski definition) is 1. The van der Waals surface area contributed by atoms with E-state index in [0.717, 1.165) is 6.07 Å². The fraction of sp³-hybridized carbons (Fsp3) is 0.417. The van der Waals surface area contributed by atoms with Crippen LogP contribution in [0.4, 0.5) is 10.1 Å². The maximum atomic E-state index is 13.1. The molecule has 0 bridgehead atoms. The van der Waals surface area contributed by atoms with Gasteiger partial charge in [0, 0.05) is 24.6 Å². The lowest BCUT2D eigenvalue weighted by atomic mass is 10.2. The summed E-state index contributed by atoms with van der Waals surface area (Å²) in [5.41, 5.74) is 5.53. The molecule has 1 atom stereocenters. The van der Waals surface area contributed by atoms with E-state index in [9.17, 15) is 9.18 Å². The Bertz CT molecular complexity index is 440. The van der Waals surface area contributed by atoms with Crippen molar-refractivity contribution < 1.29 is 18.7 Å². The summed E-state index contributed by atoms with van der Waals surface area (Å²) in [7, 11) is 1.58.